The summed E-state index contributed by atoms with van der Waals surface area (Å²) in [4.78, 5) is 38.9. The molecule has 9 heteroatoms. The van der Waals surface area contributed by atoms with Gasteiger partial charge in [0.1, 0.15) is 11.2 Å². The van der Waals surface area contributed by atoms with E-state index in [2.05, 4.69) is 10.4 Å². The number of hydrogen-bond acceptors (Lipinski definition) is 5. The number of thiophene rings is 1. The van der Waals surface area contributed by atoms with E-state index in [1.165, 1.54) is 20.3 Å². The molecule has 0 bridgehead atoms. The molecule has 0 unspecified atom stereocenters. The minimum atomic E-state index is -0.438. The third-order valence-corrected chi connectivity index (χ3v) is 6.13. The molecule has 3 aromatic heterocycles. The number of para-hydroxylation sites is 1. The molecule has 1 N–H and O–H groups in total. The van der Waals surface area contributed by atoms with E-state index in [1.54, 1.807) is 11.4 Å². The van der Waals surface area contributed by atoms with Crippen LogP contribution in [-0.2, 0) is 24.3 Å². The molecule has 3 heterocycles. The molecule has 1 aromatic carbocycles. The maximum atomic E-state index is 13.1. The summed E-state index contributed by atoms with van der Waals surface area (Å²) in [6.45, 7) is 8.15. The highest BCUT2D eigenvalue weighted by molar-refractivity contribution is 7.17. The first-order chi connectivity index (χ1) is 14.8. The van der Waals surface area contributed by atoms with Crippen LogP contribution in [0.5, 0.6) is 0 Å². The zero-order valence-electron chi connectivity index (χ0n) is 18.0. The summed E-state index contributed by atoms with van der Waals surface area (Å²) >= 11 is 1.30. The van der Waals surface area contributed by atoms with Crippen molar-refractivity contribution in [2.24, 2.45) is 5.92 Å². The third-order valence-electron chi connectivity index (χ3n) is 5.23. The minimum absolute atomic E-state index is 0.166. The van der Waals surface area contributed by atoms with Gasteiger partial charge in [-0.05, 0) is 41.8 Å². The molecule has 31 heavy (non-hydrogen) atoms. The van der Waals surface area contributed by atoms with Crippen molar-refractivity contribution in [3.8, 4) is 0 Å². The summed E-state index contributed by atoms with van der Waals surface area (Å²) in [5.74, 6) is 0.109. The van der Waals surface area contributed by atoms with E-state index in [-0.39, 0.29) is 29.7 Å². The highest BCUT2D eigenvalue weighted by Gasteiger charge is 2.20. The van der Waals surface area contributed by atoms with Crippen molar-refractivity contribution in [3.05, 3.63) is 61.6 Å². The van der Waals surface area contributed by atoms with Gasteiger partial charge >= 0.3 is 5.69 Å². The van der Waals surface area contributed by atoms with E-state index in [1.807, 2.05) is 45.9 Å². The molecule has 0 fully saturated rings. The van der Waals surface area contributed by atoms with Crippen molar-refractivity contribution in [2.45, 2.75) is 47.2 Å². The highest BCUT2D eigenvalue weighted by Crippen LogP contribution is 2.21. The molecule has 162 valence electrons. The van der Waals surface area contributed by atoms with Crippen molar-refractivity contribution >= 4 is 38.9 Å². The van der Waals surface area contributed by atoms with E-state index in [0.717, 1.165) is 27.9 Å². The normalized spacial score (nSPS) is 11.6. The summed E-state index contributed by atoms with van der Waals surface area (Å²) in [5.41, 5.74) is 2.67. The molecule has 4 aromatic rings. The fourth-order valence-corrected chi connectivity index (χ4v) is 4.61. The molecule has 0 spiro atoms. The lowest BCUT2D eigenvalue weighted by atomic mass is 10.1. The average molecular weight is 440 g/mol. The first-order valence-electron chi connectivity index (χ1n) is 10.3. The van der Waals surface area contributed by atoms with Gasteiger partial charge in [-0.2, -0.15) is 0 Å². The van der Waals surface area contributed by atoms with E-state index in [4.69, 9.17) is 0 Å². The fraction of sp³-hybridized carbons (Fsp3) is 0.364. The summed E-state index contributed by atoms with van der Waals surface area (Å²) in [6, 6.07) is 7.60. The van der Waals surface area contributed by atoms with Crippen LogP contribution in [0, 0.1) is 12.8 Å². The first kappa shape index (κ1) is 21.0. The molecular weight excluding hydrogens is 414 g/mol. The lowest BCUT2D eigenvalue weighted by Gasteiger charge is -2.12. The molecule has 0 aliphatic heterocycles. The minimum Gasteiger partial charge on any atom is -0.324 e. The van der Waals surface area contributed by atoms with Crippen molar-refractivity contribution in [1.29, 1.82) is 0 Å². The van der Waals surface area contributed by atoms with E-state index in [9.17, 15) is 14.4 Å². The smallest absolute Gasteiger partial charge is 0.324 e. The fourth-order valence-electron chi connectivity index (χ4n) is 3.78. The number of anilines is 1. The second-order valence-corrected chi connectivity index (χ2v) is 8.95. The van der Waals surface area contributed by atoms with Gasteiger partial charge in [-0.25, -0.2) is 13.9 Å². The second-order valence-electron chi connectivity index (χ2n) is 8.03. The molecule has 0 saturated carbocycles. The summed E-state index contributed by atoms with van der Waals surface area (Å²) in [6.07, 6.45) is 0.781. The number of amides is 1. The van der Waals surface area contributed by atoms with Crippen LogP contribution in [0.2, 0.25) is 0 Å². The Balaban J connectivity index is 1.78. The lowest BCUT2D eigenvalue weighted by Crippen LogP contribution is -2.29. The Hall–Kier alpha value is -3.20. The Bertz CT molecular complexity index is 1410. The van der Waals surface area contributed by atoms with Crippen LogP contribution >= 0.6 is 11.3 Å². The summed E-state index contributed by atoms with van der Waals surface area (Å²) in [5, 5.41) is 9.09. The number of benzene rings is 1. The molecule has 0 atom stereocenters. The number of carbonyl (C=O) groups is 1. The Morgan fingerprint density at radius 1 is 1.23 bits per heavy atom. The van der Waals surface area contributed by atoms with Crippen LogP contribution in [0.25, 0.3) is 16.0 Å². The molecule has 0 aliphatic carbocycles. The molecule has 0 aliphatic rings. The molecule has 0 saturated heterocycles. The molecule has 0 radical (unpaired) electrons. The monoisotopic (exact) mass is 439 g/mol. The third kappa shape index (κ3) is 3.69. The Kier molecular flexibility index (Phi) is 5.53. The number of aryl methyl sites for hydroxylation is 2. The number of aromatic nitrogens is 4. The van der Waals surface area contributed by atoms with Gasteiger partial charge in [-0.3, -0.25) is 14.2 Å². The Morgan fingerprint density at radius 3 is 2.71 bits per heavy atom. The van der Waals surface area contributed by atoms with Crippen molar-refractivity contribution in [3.63, 3.8) is 0 Å². The van der Waals surface area contributed by atoms with Gasteiger partial charge < -0.3 is 5.32 Å². The van der Waals surface area contributed by atoms with Gasteiger partial charge in [-0.15, -0.1) is 16.4 Å². The first-order valence-corrected chi connectivity index (χ1v) is 11.2. The van der Waals surface area contributed by atoms with E-state index in [0.29, 0.717) is 16.8 Å². The maximum Gasteiger partial charge on any atom is 0.352 e. The van der Waals surface area contributed by atoms with Gasteiger partial charge in [0.05, 0.1) is 5.52 Å². The van der Waals surface area contributed by atoms with Crippen LogP contribution in [0.4, 0.5) is 5.69 Å². The van der Waals surface area contributed by atoms with Crippen LogP contribution in [0.1, 0.15) is 31.9 Å². The number of fused-ring (bicyclic) bond motifs is 3. The Labute approximate surface area is 182 Å². The maximum absolute atomic E-state index is 13.1. The van der Waals surface area contributed by atoms with Gasteiger partial charge in [0.2, 0.25) is 11.7 Å². The number of rotatable bonds is 6. The van der Waals surface area contributed by atoms with Gasteiger partial charge in [0.15, 0.2) is 0 Å². The van der Waals surface area contributed by atoms with Crippen molar-refractivity contribution < 1.29 is 4.79 Å². The van der Waals surface area contributed by atoms with Crippen LogP contribution in [0.3, 0.4) is 0 Å². The molecule has 8 nitrogen and oxygen atoms in total. The number of nitrogens with zero attached hydrogens (tertiary/aromatic N) is 4. The molecule has 4 rings (SSSR count). The van der Waals surface area contributed by atoms with E-state index >= 15 is 0 Å². The predicted molar refractivity (Wildman–Crippen MR) is 123 cm³/mol. The second kappa shape index (κ2) is 8.14. The topological polar surface area (TPSA) is 90.4 Å². The van der Waals surface area contributed by atoms with Crippen LogP contribution in [0.15, 0.2) is 39.2 Å². The predicted octanol–water partition coefficient (Wildman–Crippen LogP) is 3.04. The summed E-state index contributed by atoms with van der Waals surface area (Å²) < 4.78 is 4.58. The van der Waals surface area contributed by atoms with Crippen molar-refractivity contribution in [2.75, 3.05) is 5.32 Å². The summed E-state index contributed by atoms with van der Waals surface area (Å²) in [7, 11) is 0. The standard InChI is InChI=1S/C22H25N5O3S/c1-5-15-8-6-7-14(4)18(15)23-17(28)12-26-22(30)27-16-9-10-31-19(16)20(29)25(11-13(2)3)21(27)24-26/h6-10,13H,5,11-12H2,1-4H3,(H,23,28). The average Bonchev–Trinajstić information content (AvgIpc) is 3.32. The van der Waals surface area contributed by atoms with Crippen LogP contribution in [-0.4, -0.2) is 24.7 Å². The zero-order chi connectivity index (χ0) is 22.3. The quantitative estimate of drug-likeness (QED) is 0.500. The van der Waals surface area contributed by atoms with Gasteiger partial charge in [-0.1, -0.05) is 39.0 Å². The number of carbonyl (C=O) groups excluding carboxylic acids is 1. The molecule has 1 amide bonds. The lowest BCUT2D eigenvalue weighted by molar-refractivity contribution is -0.117. The largest absolute Gasteiger partial charge is 0.352 e. The van der Waals surface area contributed by atoms with Crippen LogP contribution < -0.4 is 16.6 Å². The van der Waals surface area contributed by atoms with Gasteiger partial charge in [0, 0.05) is 12.2 Å². The van der Waals surface area contributed by atoms with Gasteiger partial charge in [0.25, 0.3) is 5.56 Å². The van der Waals surface area contributed by atoms with E-state index < -0.39 is 5.69 Å². The zero-order valence-corrected chi connectivity index (χ0v) is 18.8. The van der Waals surface area contributed by atoms with Crippen molar-refractivity contribution in [1.82, 2.24) is 18.7 Å². The SMILES string of the molecule is CCc1cccc(C)c1NC(=O)Cn1nc2n(CC(C)C)c(=O)c3sccc3n2c1=O. The highest BCUT2D eigenvalue weighted by atomic mass is 32.1. The number of nitrogens with one attached hydrogen (secondary N) is 1. The molecular formula is C22H25N5O3S. The Morgan fingerprint density at radius 2 is 2.00 bits per heavy atom. The number of hydrogen-bond donors (Lipinski definition) is 1.